The van der Waals surface area contributed by atoms with E-state index < -0.39 is 10.0 Å². The second-order valence-corrected chi connectivity index (χ2v) is 10.1. The fourth-order valence-electron chi connectivity index (χ4n) is 4.07. The molecule has 0 saturated heterocycles. The molecule has 0 aromatic heterocycles. The third kappa shape index (κ3) is 5.03. The van der Waals surface area contributed by atoms with E-state index in [0.717, 1.165) is 29.7 Å². The van der Waals surface area contributed by atoms with Crippen LogP contribution in [-0.2, 0) is 21.2 Å². The molecule has 6 nitrogen and oxygen atoms in total. The van der Waals surface area contributed by atoms with Crippen LogP contribution in [0.2, 0.25) is 0 Å². The van der Waals surface area contributed by atoms with Crippen molar-refractivity contribution in [2.24, 2.45) is 0 Å². The molecule has 0 fully saturated rings. The summed E-state index contributed by atoms with van der Waals surface area (Å²) in [5.74, 6) is 0.239. The fourth-order valence-corrected chi connectivity index (χ4v) is 5.70. The van der Waals surface area contributed by atoms with Crippen molar-refractivity contribution in [1.82, 2.24) is 5.32 Å². The first-order valence-electron chi connectivity index (χ1n) is 11.0. The predicted molar refractivity (Wildman–Crippen MR) is 129 cm³/mol. The molecule has 3 aromatic carbocycles. The van der Waals surface area contributed by atoms with Crippen LogP contribution in [0.15, 0.2) is 77.7 Å². The molecule has 7 heteroatoms. The highest BCUT2D eigenvalue weighted by molar-refractivity contribution is 7.92. The monoisotopic (exact) mass is 464 g/mol. The Balaban J connectivity index is 1.44. The average molecular weight is 465 g/mol. The van der Waals surface area contributed by atoms with E-state index in [-0.39, 0.29) is 23.5 Å². The summed E-state index contributed by atoms with van der Waals surface area (Å²) in [7, 11) is -3.69. The van der Waals surface area contributed by atoms with Crippen LogP contribution in [0.5, 0.6) is 5.75 Å². The molecule has 1 aliphatic rings. The smallest absolute Gasteiger partial charge is 0.264 e. The highest BCUT2D eigenvalue weighted by atomic mass is 32.2. The van der Waals surface area contributed by atoms with E-state index in [2.05, 4.69) is 5.32 Å². The maximum atomic E-state index is 13.4. The van der Waals surface area contributed by atoms with E-state index in [1.54, 1.807) is 25.1 Å². The Kier molecular flexibility index (Phi) is 6.70. The van der Waals surface area contributed by atoms with Gasteiger partial charge in [0.05, 0.1) is 16.6 Å². The molecule has 1 amide bonds. The zero-order valence-corrected chi connectivity index (χ0v) is 19.6. The molecular weight excluding hydrogens is 436 g/mol. The average Bonchev–Trinajstić information content (AvgIpc) is 2.83. The number of hydrogen-bond donors (Lipinski definition) is 1. The number of fused-ring (bicyclic) bond motifs is 1. The molecule has 0 bridgehead atoms. The maximum Gasteiger partial charge on any atom is 0.264 e. The molecule has 0 spiro atoms. The van der Waals surface area contributed by atoms with Crippen molar-refractivity contribution in [1.29, 1.82) is 0 Å². The second kappa shape index (κ2) is 9.67. The Labute approximate surface area is 195 Å². The second-order valence-electron chi connectivity index (χ2n) is 8.23. The molecule has 1 N–H and O–H groups in total. The summed E-state index contributed by atoms with van der Waals surface area (Å²) in [5, 5.41) is 2.91. The zero-order chi connectivity index (χ0) is 23.4. The summed E-state index contributed by atoms with van der Waals surface area (Å²) in [6.45, 7) is 4.00. The van der Waals surface area contributed by atoms with E-state index in [9.17, 15) is 13.2 Å². The molecule has 1 atom stereocenters. The number of nitrogens with one attached hydrogen (secondary N) is 1. The van der Waals surface area contributed by atoms with Gasteiger partial charge >= 0.3 is 0 Å². The standard InChI is InChI=1S/C26H28N2O4S/c1-19-17-23(33(30,31)28-16-8-12-22-11-6-7-13-24(22)28)14-15-25(19)32-18-26(29)27-20(2)21-9-4-3-5-10-21/h3-7,9-11,13-15,17,20H,8,12,16,18H2,1-2H3,(H,27,29)/t20-/m0/s1. The molecule has 0 radical (unpaired) electrons. The van der Waals surface area contributed by atoms with Gasteiger partial charge in [0.25, 0.3) is 15.9 Å². The largest absolute Gasteiger partial charge is 0.484 e. The summed E-state index contributed by atoms with van der Waals surface area (Å²) >= 11 is 0. The number of anilines is 1. The SMILES string of the molecule is Cc1cc(S(=O)(=O)N2CCCc3ccccc32)ccc1OCC(=O)N[C@@H](C)c1ccccc1. The summed E-state index contributed by atoms with van der Waals surface area (Å²) in [6.07, 6.45) is 1.66. The lowest BCUT2D eigenvalue weighted by Crippen LogP contribution is -2.35. The van der Waals surface area contributed by atoms with E-state index in [4.69, 9.17) is 4.74 Å². The number of ether oxygens (including phenoxy) is 1. The molecule has 33 heavy (non-hydrogen) atoms. The molecule has 172 valence electrons. The van der Waals surface area contributed by atoms with Crippen molar-refractivity contribution in [3.8, 4) is 5.75 Å². The Morgan fingerprint density at radius 2 is 1.79 bits per heavy atom. The number of rotatable bonds is 7. The van der Waals surface area contributed by atoms with E-state index in [1.807, 2.05) is 61.5 Å². The van der Waals surface area contributed by atoms with Gasteiger partial charge in [0.15, 0.2) is 6.61 Å². The molecule has 1 heterocycles. The van der Waals surface area contributed by atoms with E-state index in [1.165, 1.54) is 4.31 Å². The summed E-state index contributed by atoms with van der Waals surface area (Å²) in [5.41, 5.74) is 3.45. The third-order valence-corrected chi connectivity index (χ3v) is 7.65. The number of para-hydroxylation sites is 1. The number of benzene rings is 3. The van der Waals surface area contributed by atoms with Crippen LogP contribution >= 0.6 is 0 Å². The van der Waals surface area contributed by atoms with Gasteiger partial charge in [-0.3, -0.25) is 9.10 Å². The number of amides is 1. The molecule has 0 saturated carbocycles. The minimum atomic E-state index is -3.69. The fraction of sp³-hybridized carbons (Fsp3) is 0.269. The molecule has 1 aliphatic heterocycles. The van der Waals surface area contributed by atoms with Gasteiger partial charge in [-0.1, -0.05) is 48.5 Å². The third-order valence-electron chi connectivity index (χ3n) is 5.84. The van der Waals surface area contributed by atoms with Crippen molar-refractivity contribution >= 4 is 21.6 Å². The molecule has 0 unspecified atom stereocenters. The van der Waals surface area contributed by atoms with Crippen molar-refractivity contribution in [3.05, 3.63) is 89.5 Å². The van der Waals surface area contributed by atoms with Crippen LogP contribution in [0, 0.1) is 6.92 Å². The van der Waals surface area contributed by atoms with Crippen LogP contribution in [0.25, 0.3) is 0 Å². The van der Waals surface area contributed by atoms with Gasteiger partial charge in [0.2, 0.25) is 0 Å². The lowest BCUT2D eigenvalue weighted by molar-refractivity contribution is -0.123. The first kappa shape index (κ1) is 22.9. The highest BCUT2D eigenvalue weighted by Crippen LogP contribution is 2.33. The Hall–Kier alpha value is -3.32. The highest BCUT2D eigenvalue weighted by Gasteiger charge is 2.29. The number of sulfonamides is 1. The van der Waals surface area contributed by atoms with E-state index >= 15 is 0 Å². The molecule has 0 aliphatic carbocycles. The van der Waals surface area contributed by atoms with Crippen molar-refractivity contribution in [2.45, 2.75) is 37.6 Å². The quantitative estimate of drug-likeness (QED) is 0.563. The number of carbonyl (C=O) groups is 1. The van der Waals surface area contributed by atoms with Crippen LogP contribution in [-0.4, -0.2) is 27.5 Å². The summed E-state index contributed by atoms with van der Waals surface area (Å²) < 4.78 is 33.9. The Morgan fingerprint density at radius 3 is 2.55 bits per heavy atom. The number of hydrogen-bond acceptors (Lipinski definition) is 4. The first-order chi connectivity index (χ1) is 15.9. The Morgan fingerprint density at radius 1 is 1.06 bits per heavy atom. The van der Waals surface area contributed by atoms with Crippen molar-refractivity contribution in [2.75, 3.05) is 17.5 Å². The van der Waals surface area contributed by atoms with Crippen LogP contribution in [0.1, 0.15) is 36.1 Å². The first-order valence-corrected chi connectivity index (χ1v) is 12.5. The minimum absolute atomic E-state index is 0.136. The van der Waals surface area contributed by atoms with Gasteiger partial charge in [-0.15, -0.1) is 0 Å². The number of aryl methyl sites for hydroxylation is 2. The number of carbonyl (C=O) groups excluding carboxylic acids is 1. The molecule has 4 rings (SSSR count). The molecular formula is C26H28N2O4S. The lowest BCUT2D eigenvalue weighted by atomic mass is 10.0. The number of nitrogens with zero attached hydrogens (tertiary/aromatic N) is 1. The van der Waals surface area contributed by atoms with Gasteiger partial charge in [0.1, 0.15) is 5.75 Å². The lowest BCUT2D eigenvalue weighted by Gasteiger charge is -2.30. The van der Waals surface area contributed by atoms with Gasteiger partial charge in [0, 0.05) is 6.54 Å². The van der Waals surface area contributed by atoms with Gasteiger partial charge in [-0.2, -0.15) is 0 Å². The Bertz CT molecular complexity index is 1240. The molecule has 3 aromatic rings. The van der Waals surface area contributed by atoms with Crippen LogP contribution < -0.4 is 14.4 Å². The topological polar surface area (TPSA) is 75.7 Å². The van der Waals surface area contributed by atoms with E-state index in [0.29, 0.717) is 17.9 Å². The van der Waals surface area contributed by atoms with Gasteiger partial charge < -0.3 is 10.1 Å². The van der Waals surface area contributed by atoms with Crippen molar-refractivity contribution in [3.63, 3.8) is 0 Å². The summed E-state index contributed by atoms with van der Waals surface area (Å²) in [4.78, 5) is 12.5. The zero-order valence-electron chi connectivity index (χ0n) is 18.8. The van der Waals surface area contributed by atoms with Gasteiger partial charge in [-0.05, 0) is 67.6 Å². The van der Waals surface area contributed by atoms with Crippen molar-refractivity contribution < 1.29 is 17.9 Å². The van der Waals surface area contributed by atoms with Crippen LogP contribution in [0.4, 0.5) is 5.69 Å². The van der Waals surface area contributed by atoms with Crippen LogP contribution in [0.3, 0.4) is 0 Å². The predicted octanol–water partition coefficient (Wildman–Crippen LogP) is 4.39. The maximum absolute atomic E-state index is 13.4. The normalized spacial score (nSPS) is 14.3. The minimum Gasteiger partial charge on any atom is -0.484 e. The summed E-state index contributed by atoms with van der Waals surface area (Å²) in [6, 6.07) is 21.9. The van der Waals surface area contributed by atoms with Gasteiger partial charge in [-0.25, -0.2) is 8.42 Å².